The van der Waals surface area contributed by atoms with Gasteiger partial charge in [-0.2, -0.15) is 0 Å². The molecule has 1 fully saturated rings. The Balaban J connectivity index is 1.62. The lowest BCUT2D eigenvalue weighted by molar-refractivity contribution is 0.0996. The molecule has 32 heavy (non-hydrogen) atoms. The van der Waals surface area contributed by atoms with Gasteiger partial charge in [-0.15, -0.1) is 11.3 Å². The molecule has 1 amide bonds. The van der Waals surface area contributed by atoms with Crippen LogP contribution in [-0.2, 0) is 12.8 Å². The van der Waals surface area contributed by atoms with Crippen molar-refractivity contribution >= 4 is 22.2 Å². The van der Waals surface area contributed by atoms with Gasteiger partial charge < -0.3 is 9.73 Å². The average molecular weight is 453 g/mol. The van der Waals surface area contributed by atoms with Crippen LogP contribution in [0.1, 0.15) is 70.8 Å². The minimum absolute atomic E-state index is 0.185. The van der Waals surface area contributed by atoms with Gasteiger partial charge in [0.15, 0.2) is 5.76 Å². The van der Waals surface area contributed by atoms with Gasteiger partial charge >= 0.3 is 0 Å². The number of halogens is 1. The van der Waals surface area contributed by atoms with Gasteiger partial charge in [0, 0.05) is 16.0 Å². The van der Waals surface area contributed by atoms with Gasteiger partial charge in [-0.05, 0) is 81.3 Å². The van der Waals surface area contributed by atoms with E-state index in [2.05, 4.69) is 17.1 Å². The summed E-state index contributed by atoms with van der Waals surface area (Å²) in [6.07, 6.45) is 7.99. The van der Waals surface area contributed by atoms with E-state index in [0.29, 0.717) is 11.5 Å². The van der Waals surface area contributed by atoms with Crippen LogP contribution >= 0.6 is 11.3 Å². The SMILES string of the molecule is CC1CCN(C(c2ccccc2F)c2c(NC(=O)c3ccco3)sc3c2CCCC3)CC1. The van der Waals surface area contributed by atoms with Crippen molar-refractivity contribution in [3.8, 4) is 0 Å². The highest BCUT2D eigenvalue weighted by atomic mass is 32.1. The molecule has 2 aliphatic rings. The lowest BCUT2D eigenvalue weighted by atomic mass is 9.87. The van der Waals surface area contributed by atoms with Crippen molar-refractivity contribution < 1.29 is 13.6 Å². The predicted octanol–water partition coefficient (Wildman–Crippen LogP) is 6.43. The summed E-state index contributed by atoms with van der Waals surface area (Å²) in [6, 6.07) is 10.3. The molecule has 1 aliphatic heterocycles. The lowest BCUT2D eigenvalue weighted by Crippen LogP contribution is -2.37. The maximum absolute atomic E-state index is 15.2. The summed E-state index contributed by atoms with van der Waals surface area (Å²) >= 11 is 1.66. The first kappa shape index (κ1) is 21.4. The first-order chi connectivity index (χ1) is 15.6. The molecule has 0 bridgehead atoms. The Hall–Kier alpha value is -2.44. The Morgan fingerprint density at radius 3 is 2.69 bits per heavy atom. The van der Waals surface area contributed by atoms with E-state index in [1.54, 1.807) is 35.6 Å². The molecule has 1 saturated heterocycles. The third kappa shape index (κ3) is 4.14. The molecule has 1 N–H and O–H groups in total. The van der Waals surface area contributed by atoms with Gasteiger partial charge in [0.1, 0.15) is 10.8 Å². The van der Waals surface area contributed by atoms with E-state index in [9.17, 15) is 4.79 Å². The zero-order chi connectivity index (χ0) is 22.1. The molecule has 0 radical (unpaired) electrons. The lowest BCUT2D eigenvalue weighted by Gasteiger charge is -2.38. The number of amides is 1. The molecule has 4 nitrogen and oxygen atoms in total. The maximum Gasteiger partial charge on any atom is 0.291 e. The number of anilines is 1. The minimum Gasteiger partial charge on any atom is -0.459 e. The Labute approximate surface area is 192 Å². The van der Waals surface area contributed by atoms with Crippen LogP contribution in [0.2, 0.25) is 0 Å². The fraction of sp³-hybridized carbons (Fsp3) is 0.423. The Bertz CT molecular complexity index is 1080. The number of piperidine rings is 1. The smallest absolute Gasteiger partial charge is 0.291 e. The third-order valence-electron chi connectivity index (χ3n) is 6.84. The molecule has 5 rings (SSSR count). The number of furan rings is 1. The van der Waals surface area contributed by atoms with Gasteiger partial charge in [0.25, 0.3) is 5.91 Å². The van der Waals surface area contributed by atoms with E-state index in [-0.39, 0.29) is 23.5 Å². The number of hydrogen-bond acceptors (Lipinski definition) is 4. The zero-order valence-electron chi connectivity index (χ0n) is 18.4. The second-order valence-electron chi connectivity index (χ2n) is 9.03. The van der Waals surface area contributed by atoms with Gasteiger partial charge in [-0.1, -0.05) is 25.1 Å². The van der Waals surface area contributed by atoms with E-state index in [1.165, 1.54) is 16.7 Å². The monoisotopic (exact) mass is 452 g/mol. The summed E-state index contributed by atoms with van der Waals surface area (Å²) < 4.78 is 20.5. The highest BCUT2D eigenvalue weighted by Gasteiger charge is 2.35. The molecule has 1 atom stereocenters. The zero-order valence-corrected chi connectivity index (χ0v) is 19.2. The quantitative estimate of drug-likeness (QED) is 0.485. The van der Waals surface area contributed by atoms with Crippen molar-refractivity contribution in [2.75, 3.05) is 18.4 Å². The molecule has 6 heteroatoms. The molecule has 3 aromatic rings. The first-order valence-electron chi connectivity index (χ1n) is 11.6. The molecule has 1 aromatic carbocycles. The largest absolute Gasteiger partial charge is 0.459 e. The number of aryl methyl sites for hydroxylation is 1. The highest BCUT2D eigenvalue weighted by Crippen LogP contribution is 2.46. The van der Waals surface area contributed by atoms with Crippen LogP contribution in [-0.4, -0.2) is 23.9 Å². The summed E-state index contributed by atoms with van der Waals surface area (Å²) in [5.41, 5.74) is 3.09. The Morgan fingerprint density at radius 2 is 1.94 bits per heavy atom. The molecule has 0 spiro atoms. The number of nitrogens with zero attached hydrogens (tertiary/aromatic N) is 1. The number of carbonyl (C=O) groups excluding carboxylic acids is 1. The minimum atomic E-state index is -0.255. The molecule has 1 aliphatic carbocycles. The fourth-order valence-corrected chi connectivity index (χ4v) is 6.38. The van der Waals surface area contributed by atoms with E-state index in [1.807, 2.05) is 12.1 Å². The molecule has 2 aromatic heterocycles. The maximum atomic E-state index is 15.2. The second kappa shape index (κ2) is 9.20. The van der Waals surface area contributed by atoms with Crippen molar-refractivity contribution in [1.82, 2.24) is 4.90 Å². The average Bonchev–Trinajstić information content (AvgIpc) is 3.45. The second-order valence-corrected chi connectivity index (χ2v) is 10.1. The number of thiophene rings is 1. The van der Waals surface area contributed by atoms with Crippen LogP contribution in [0.3, 0.4) is 0 Å². The molecule has 1 unspecified atom stereocenters. The van der Waals surface area contributed by atoms with Crippen molar-refractivity contribution in [3.05, 3.63) is 75.8 Å². The molecule has 3 heterocycles. The fourth-order valence-electron chi connectivity index (χ4n) is 5.06. The Morgan fingerprint density at radius 1 is 1.16 bits per heavy atom. The normalized spacial score (nSPS) is 18.3. The van der Waals surface area contributed by atoms with Gasteiger partial charge in [0.05, 0.1) is 12.3 Å². The van der Waals surface area contributed by atoms with Gasteiger partial charge in [0.2, 0.25) is 0 Å². The number of nitrogens with one attached hydrogen (secondary N) is 1. The van der Waals surface area contributed by atoms with Crippen molar-refractivity contribution in [2.24, 2.45) is 5.92 Å². The van der Waals surface area contributed by atoms with E-state index < -0.39 is 0 Å². The summed E-state index contributed by atoms with van der Waals surface area (Å²) in [4.78, 5) is 16.6. The summed E-state index contributed by atoms with van der Waals surface area (Å²) in [5.74, 6) is 0.531. The van der Waals surface area contributed by atoms with E-state index in [4.69, 9.17) is 4.42 Å². The first-order valence-corrected chi connectivity index (χ1v) is 12.4. The van der Waals surface area contributed by atoms with E-state index >= 15 is 4.39 Å². The van der Waals surface area contributed by atoms with Crippen LogP contribution in [0.25, 0.3) is 0 Å². The number of benzene rings is 1. The topological polar surface area (TPSA) is 45.5 Å². The Kier molecular flexibility index (Phi) is 6.15. The molecular formula is C26H29FN2O2S. The van der Waals surface area contributed by atoms with Crippen LogP contribution < -0.4 is 5.32 Å². The molecule has 168 valence electrons. The van der Waals surface area contributed by atoms with E-state index in [0.717, 1.165) is 62.2 Å². The van der Waals surface area contributed by atoms with Crippen LogP contribution in [0.4, 0.5) is 9.39 Å². The summed E-state index contributed by atoms with van der Waals surface area (Å²) in [6.45, 7) is 4.14. The summed E-state index contributed by atoms with van der Waals surface area (Å²) in [7, 11) is 0. The molecular weight excluding hydrogens is 423 g/mol. The summed E-state index contributed by atoms with van der Waals surface area (Å²) in [5, 5.41) is 3.96. The van der Waals surface area contributed by atoms with Crippen LogP contribution in [0.5, 0.6) is 0 Å². The number of rotatable bonds is 5. The van der Waals surface area contributed by atoms with Gasteiger partial charge in [-0.3, -0.25) is 9.69 Å². The van der Waals surface area contributed by atoms with Crippen LogP contribution in [0, 0.1) is 11.7 Å². The highest BCUT2D eigenvalue weighted by molar-refractivity contribution is 7.16. The standard InChI is InChI=1S/C26H29FN2O2S/c1-17-12-14-29(15-13-17)24(18-7-2-4-9-20(18)27)23-19-8-3-5-11-22(19)32-26(23)28-25(30)21-10-6-16-31-21/h2,4,6-7,9-10,16-17,24H,3,5,8,11-15H2,1H3,(H,28,30). The predicted molar refractivity (Wildman–Crippen MR) is 126 cm³/mol. The van der Waals surface area contributed by atoms with Gasteiger partial charge in [-0.25, -0.2) is 4.39 Å². The van der Waals surface area contributed by atoms with Crippen molar-refractivity contribution in [3.63, 3.8) is 0 Å². The number of fused-ring (bicyclic) bond motifs is 1. The number of hydrogen-bond donors (Lipinski definition) is 1. The third-order valence-corrected chi connectivity index (χ3v) is 8.06. The number of likely N-dealkylation sites (tertiary alicyclic amines) is 1. The van der Waals surface area contributed by atoms with Crippen molar-refractivity contribution in [1.29, 1.82) is 0 Å². The number of carbonyl (C=O) groups is 1. The molecule has 0 saturated carbocycles. The van der Waals surface area contributed by atoms with Crippen LogP contribution in [0.15, 0.2) is 47.1 Å². The van der Waals surface area contributed by atoms with Crippen molar-refractivity contribution in [2.45, 2.75) is 51.5 Å².